The van der Waals surface area contributed by atoms with Crippen LogP contribution in [0.5, 0.6) is 17.2 Å². The highest BCUT2D eigenvalue weighted by Gasteiger charge is 2.35. The Kier molecular flexibility index (Phi) is 6.74. The van der Waals surface area contributed by atoms with E-state index < -0.39 is 23.8 Å². The largest absolute Gasteiger partial charge is 0.506 e. The van der Waals surface area contributed by atoms with Gasteiger partial charge in [0.15, 0.2) is 12.4 Å². The van der Waals surface area contributed by atoms with Gasteiger partial charge in [-0.1, -0.05) is 12.1 Å². The van der Waals surface area contributed by atoms with Crippen molar-refractivity contribution in [2.75, 3.05) is 19.0 Å². The number of aromatic hydroxyl groups is 1. The Morgan fingerprint density at radius 1 is 1.19 bits per heavy atom. The lowest BCUT2D eigenvalue weighted by Gasteiger charge is -2.37. The Morgan fingerprint density at radius 3 is 2.48 bits per heavy atom. The highest BCUT2D eigenvalue weighted by Crippen LogP contribution is 2.42. The van der Waals surface area contributed by atoms with Crippen molar-refractivity contribution >= 4 is 11.6 Å². The Morgan fingerprint density at radius 2 is 1.87 bits per heavy atom. The fourth-order valence-corrected chi connectivity index (χ4v) is 3.82. The van der Waals surface area contributed by atoms with Crippen LogP contribution in [0.2, 0.25) is 0 Å². The number of aliphatic hydroxyl groups excluding tert-OH is 2. The number of carbonyl (C=O) groups excluding carboxylic acids is 1. The summed E-state index contributed by atoms with van der Waals surface area (Å²) >= 11 is 0. The lowest BCUT2D eigenvalue weighted by Crippen LogP contribution is -2.54. The van der Waals surface area contributed by atoms with Gasteiger partial charge in [0.25, 0.3) is 5.91 Å². The number of fused-ring (bicyclic) bond motifs is 1. The van der Waals surface area contributed by atoms with E-state index in [0.29, 0.717) is 12.0 Å². The third kappa shape index (κ3) is 5.28. The van der Waals surface area contributed by atoms with Gasteiger partial charge in [0.1, 0.15) is 23.3 Å². The van der Waals surface area contributed by atoms with Gasteiger partial charge in [0.05, 0.1) is 19.3 Å². The minimum absolute atomic E-state index is 0.120. The van der Waals surface area contributed by atoms with Gasteiger partial charge >= 0.3 is 0 Å². The van der Waals surface area contributed by atoms with Crippen molar-refractivity contribution < 1.29 is 29.6 Å². The molecule has 0 bridgehead atoms. The van der Waals surface area contributed by atoms with Crippen LogP contribution < -0.4 is 20.1 Å². The number of phenols is 1. The molecule has 0 spiro atoms. The molecule has 3 rings (SSSR count). The van der Waals surface area contributed by atoms with Crippen molar-refractivity contribution in [3.05, 3.63) is 47.5 Å². The number of carbonyl (C=O) groups is 1. The van der Waals surface area contributed by atoms with Crippen LogP contribution in [0.1, 0.15) is 38.0 Å². The summed E-state index contributed by atoms with van der Waals surface area (Å²) in [5, 5.41) is 37.6. The number of amides is 1. The van der Waals surface area contributed by atoms with Crippen LogP contribution in [0.25, 0.3) is 0 Å². The zero-order chi connectivity index (χ0) is 22.8. The molecule has 8 nitrogen and oxygen atoms in total. The molecule has 31 heavy (non-hydrogen) atoms. The molecule has 0 fully saturated rings. The summed E-state index contributed by atoms with van der Waals surface area (Å²) in [6.07, 6.45) is -1.40. The standard InChI is InChI=1S/C23H30N2O6/c1-13(26)19(25-23(2,3)11-14-5-7-15(30-4)8-6-14)21(29)16-9-10-17(27)20-22(16)31-12-18(28)24-20/h5-10,13,19,21,25-27,29H,11-12H2,1-4H3,(H,24,28). The monoisotopic (exact) mass is 430 g/mol. The Bertz CT molecular complexity index is 926. The first kappa shape index (κ1) is 22.9. The predicted octanol–water partition coefficient (Wildman–Crippen LogP) is 2.13. The van der Waals surface area contributed by atoms with Gasteiger partial charge in [-0.25, -0.2) is 0 Å². The summed E-state index contributed by atoms with van der Waals surface area (Å²) in [4.78, 5) is 11.6. The number of nitrogens with one attached hydrogen (secondary N) is 2. The van der Waals surface area contributed by atoms with Gasteiger partial charge in [-0.3, -0.25) is 4.79 Å². The molecule has 0 aliphatic carbocycles. The summed E-state index contributed by atoms with van der Waals surface area (Å²) in [6, 6.07) is 9.91. The lowest BCUT2D eigenvalue weighted by atomic mass is 9.90. The number of ether oxygens (including phenoxy) is 2. The van der Waals surface area contributed by atoms with Gasteiger partial charge in [0.2, 0.25) is 0 Å². The average molecular weight is 431 g/mol. The van der Waals surface area contributed by atoms with E-state index in [1.807, 2.05) is 38.1 Å². The zero-order valence-corrected chi connectivity index (χ0v) is 18.2. The normalized spacial score (nSPS) is 16.5. The van der Waals surface area contributed by atoms with Gasteiger partial charge in [0, 0.05) is 11.1 Å². The molecule has 0 aromatic heterocycles. The fourth-order valence-electron chi connectivity index (χ4n) is 3.82. The number of methoxy groups -OCH3 is 1. The third-order valence-corrected chi connectivity index (χ3v) is 5.32. The Hall–Kier alpha value is -2.81. The van der Waals surface area contributed by atoms with Crippen LogP contribution in [-0.2, 0) is 11.2 Å². The van der Waals surface area contributed by atoms with Crippen LogP contribution in [0.15, 0.2) is 36.4 Å². The molecule has 3 atom stereocenters. The molecule has 0 saturated carbocycles. The quantitative estimate of drug-likeness (QED) is 0.407. The van der Waals surface area contributed by atoms with E-state index in [2.05, 4.69) is 10.6 Å². The van der Waals surface area contributed by atoms with E-state index in [-0.39, 0.29) is 29.7 Å². The molecule has 1 heterocycles. The molecular formula is C23H30N2O6. The number of aliphatic hydroxyl groups is 2. The van der Waals surface area contributed by atoms with Crippen molar-refractivity contribution in [1.82, 2.24) is 5.32 Å². The zero-order valence-electron chi connectivity index (χ0n) is 18.2. The summed E-state index contributed by atoms with van der Waals surface area (Å²) in [6.45, 7) is 5.36. The minimum atomic E-state index is -1.15. The first-order chi connectivity index (χ1) is 14.6. The highest BCUT2D eigenvalue weighted by atomic mass is 16.5. The molecule has 0 saturated heterocycles. The third-order valence-electron chi connectivity index (χ3n) is 5.32. The number of hydrogen-bond acceptors (Lipinski definition) is 7. The van der Waals surface area contributed by atoms with Crippen LogP contribution >= 0.6 is 0 Å². The van der Waals surface area contributed by atoms with E-state index >= 15 is 0 Å². The van der Waals surface area contributed by atoms with E-state index in [1.54, 1.807) is 14.0 Å². The van der Waals surface area contributed by atoms with Gasteiger partial charge < -0.3 is 35.4 Å². The summed E-state index contributed by atoms with van der Waals surface area (Å²) in [7, 11) is 1.62. The van der Waals surface area contributed by atoms with Crippen LogP contribution in [0.3, 0.4) is 0 Å². The molecule has 8 heteroatoms. The molecule has 1 aliphatic heterocycles. The van der Waals surface area contributed by atoms with Crippen LogP contribution in [0.4, 0.5) is 5.69 Å². The number of hydrogen-bond donors (Lipinski definition) is 5. The smallest absolute Gasteiger partial charge is 0.262 e. The minimum Gasteiger partial charge on any atom is -0.506 e. The van der Waals surface area contributed by atoms with E-state index in [0.717, 1.165) is 11.3 Å². The summed E-state index contributed by atoms with van der Waals surface area (Å²) < 4.78 is 10.7. The maximum atomic E-state index is 11.6. The van der Waals surface area contributed by atoms with Gasteiger partial charge in [-0.15, -0.1) is 0 Å². The maximum absolute atomic E-state index is 11.6. The first-order valence-corrected chi connectivity index (χ1v) is 10.2. The number of phenolic OH excluding ortho intramolecular Hbond substituents is 1. The number of benzene rings is 2. The SMILES string of the molecule is COc1ccc(CC(C)(C)NC(C(C)O)C(O)c2ccc(O)c3c2OCC(=O)N3)cc1. The second-order valence-electron chi connectivity index (χ2n) is 8.48. The fraction of sp³-hybridized carbons (Fsp3) is 0.435. The molecular weight excluding hydrogens is 400 g/mol. The lowest BCUT2D eigenvalue weighted by molar-refractivity contribution is -0.118. The maximum Gasteiger partial charge on any atom is 0.262 e. The molecule has 1 amide bonds. The molecule has 168 valence electrons. The van der Waals surface area contributed by atoms with Crippen LogP contribution in [0, 0.1) is 0 Å². The molecule has 3 unspecified atom stereocenters. The molecule has 2 aromatic rings. The van der Waals surface area contributed by atoms with Crippen molar-refractivity contribution in [1.29, 1.82) is 0 Å². The highest BCUT2D eigenvalue weighted by molar-refractivity contribution is 5.97. The summed E-state index contributed by atoms with van der Waals surface area (Å²) in [5.41, 5.74) is 1.09. The Labute approximate surface area is 181 Å². The van der Waals surface area contributed by atoms with Gasteiger partial charge in [-0.2, -0.15) is 0 Å². The van der Waals surface area contributed by atoms with E-state index in [4.69, 9.17) is 9.47 Å². The topological polar surface area (TPSA) is 120 Å². The first-order valence-electron chi connectivity index (χ1n) is 10.2. The number of rotatable bonds is 8. The molecule has 1 aliphatic rings. The van der Waals surface area contributed by atoms with Crippen molar-refractivity contribution in [3.63, 3.8) is 0 Å². The average Bonchev–Trinajstić information content (AvgIpc) is 2.72. The predicted molar refractivity (Wildman–Crippen MR) is 117 cm³/mol. The molecule has 2 aromatic carbocycles. The van der Waals surface area contributed by atoms with E-state index in [9.17, 15) is 20.1 Å². The van der Waals surface area contributed by atoms with Crippen molar-refractivity contribution in [2.45, 2.75) is 51.0 Å². The van der Waals surface area contributed by atoms with Crippen molar-refractivity contribution in [2.24, 2.45) is 0 Å². The summed E-state index contributed by atoms with van der Waals surface area (Å²) in [5.74, 6) is 0.434. The molecule has 0 radical (unpaired) electrons. The number of anilines is 1. The second kappa shape index (κ2) is 9.13. The Balaban J connectivity index is 1.83. The van der Waals surface area contributed by atoms with E-state index in [1.165, 1.54) is 12.1 Å². The van der Waals surface area contributed by atoms with Gasteiger partial charge in [-0.05, 0) is 57.0 Å². The van der Waals surface area contributed by atoms with Crippen molar-refractivity contribution in [3.8, 4) is 17.2 Å². The second-order valence-corrected chi connectivity index (χ2v) is 8.48. The molecule has 5 N–H and O–H groups in total. The van der Waals surface area contributed by atoms with Crippen LogP contribution in [-0.4, -0.2) is 52.6 Å².